The first-order valence-electron chi connectivity index (χ1n) is 7.11. The predicted molar refractivity (Wildman–Crippen MR) is 74.3 cm³/mol. The molecule has 1 aromatic heterocycles. The minimum atomic E-state index is -0.713. The fraction of sp³-hybridized carbons (Fsp3) is 0.714. The minimum absolute atomic E-state index is 0.216. The second kappa shape index (κ2) is 8.39. The van der Waals surface area contributed by atoms with E-state index in [0.717, 1.165) is 45.2 Å². The molecule has 1 aromatic rings. The third kappa shape index (κ3) is 5.22. The molecule has 6 nitrogen and oxygen atoms in total. The highest BCUT2D eigenvalue weighted by Crippen LogP contribution is 2.07. The summed E-state index contributed by atoms with van der Waals surface area (Å²) in [6.45, 7) is 6.13. The maximum absolute atomic E-state index is 9.64. The summed E-state index contributed by atoms with van der Waals surface area (Å²) in [5.74, 6) is 0.872. The van der Waals surface area contributed by atoms with E-state index in [2.05, 4.69) is 9.80 Å². The molecule has 1 aliphatic heterocycles. The molecule has 114 valence electrons. The summed E-state index contributed by atoms with van der Waals surface area (Å²) in [5.41, 5.74) is 0. The second-order valence-electron chi connectivity index (χ2n) is 5.10. The molecule has 2 N–H and O–H groups in total. The number of ether oxygens (including phenoxy) is 1. The number of furan rings is 1. The summed E-state index contributed by atoms with van der Waals surface area (Å²) < 4.78 is 10.7. The van der Waals surface area contributed by atoms with Crippen molar-refractivity contribution < 1.29 is 19.4 Å². The Balaban J connectivity index is 1.81. The van der Waals surface area contributed by atoms with Crippen LogP contribution in [0.15, 0.2) is 22.8 Å². The fourth-order valence-electron chi connectivity index (χ4n) is 2.32. The predicted octanol–water partition coefficient (Wildman–Crippen LogP) is -0.233. The number of aliphatic hydroxyl groups is 2. The highest BCUT2D eigenvalue weighted by atomic mass is 16.5. The van der Waals surface area contributed by atoms with Crippen LogP contribution >= 0.6 is 0 Å². The highest BCUT2D eigenvalue weighted by Gasteiger charge is 2.16. The number of hydrogen-bond donors (Lipinski definition) is 2. The summed E-state index contributed by atoms with van der Waals surface area (Å²) in [5, 5.41) is 18.6. The zero-order valence-electron chi connectivity index (χ0n) is 11.8. The van der Waals surface area contributed by atoms with Crippen LogP contribution in [0.25, 0.3) is 0 Å². The van der Waals surface area contributed by atoms with E-state index in [1.54, 1.807) is 6.26 Å². The molecule has 6 heteroatoms. The van der Waals surface area contributed by atoms with Crippen molar-refractivity contribution in [1.29, 1.82) is 0 Å². The summed E-state index contributed by atoms with van der Waals surface area (Å²) in [7, 11) is 0. The maximum atomic E-state index is 9.64. The Hall–Kier alpha value is -0.920. The van der Waals surface area contributed by atoms with Gasteiger partial charge in [-0.25, -0.2) is 0 Å². The number of rotatable bonds is 8. The number of nitrogens with zero attached hydrogens (tertiary/aromatic N) is 2. The standard InChI is InChI=1S/C14H24N2O4/c17-12-13(18)10-16(11-14-2-1-7-20-14)4-3-15-5-8-19-9-6-15/h1-2,7,13,17-18H,3-6,8-12H2. The van der Waals surface area contributed by atoms with E-state index in [4.69, 9.17) is 14.3 Å². The molecule has 0 bridgehead atoms. The molecular weight excluding hydrogens is 260 g/mol. The van der Waals surface area contributed by atoms with Gasteiger partial charge in [-0.15, -0.1) is 0 Å². The molecule has 0 aliphatic carbocycles. The largest absolute Gasteiger partial charge is 0.468 e. The monoisotopic (exact) mass is 284 g/mol. The van der Waals surface area contributed by atoms with Crippen LogP contribution in [0.3, 0.4) is 0 Å². The van der Waals surface area contributed by atoms with Crippen LogP contribution < -0.4 is 0 Å². The van der Waals surface area contributed by atoms with Gasteiger partial charge in [0.2, 0.25) is 0 Å². The van der Waals surface area contributed by atoms with Crippen LogP contribution in [-0.4, -0.2) is 78.7 Å². The van der Waals surface area contributed by atoms with Gasteiger partial charge in [-0.05, 0) is 12.1 Å². The molecule has 1 saturated heterocycles. The van der Waals surface area contributed by atoms with Crippen molar-refractivity contribution in [3.63, 3.8) is 0 Å². The van der Waals surface area contributed by atoms with Gasteiger partial charge in [-0.3, -0.25) is 9.80 Å². The Morgan fingerprint density at radius 1 is 1.35 bits per heavy atom. The average Bonchev–Trinajstić information content (AvgIpc) is 2.98. The van der Waals surface area contributed by atoms with Crippen LogP contribution in [0.1, 0.15) is 5.76 Å². The maximum Gasteiger partial charge on any atom is 0.117 e. The van der Waals surface area contributed by atoms with Gasteiger partial charge in [0, 0.05) is 32.7 Å². The van der Waals surface area contributed by atoms with Gasteiger partial charge in [-0.2, -0.15) is 0 Å². The summed E-state index contributed by atoms with van der Waals surface area (Å²) in [6.07, 6.45) is 0.937. The molecule has 1 aliphatic rings. The van der Waals surface area contributed by atoms with Gasteiger partial charge >= 0.3 is 0 Å². The van der Waals surface area contributed by atoms with E-state index in [0.29, 0.717) is 13.1 Å². The highest BCUT2D eigenvalue weighted by molar-refractivity contribution is 4.98. The third-order valence-electron chi connectivity index (χ3n) is 3.48. The summed E-state index contributed by atoms with van der Waals surface area (Å²) in [4.78, 5) is 4.46. The molecule has 1 unspecified atom stereocenters. The number of morpholine rings is 1. The first-order valence-corrected chi connectivity index (χ1v) is 7.11. The molecule has 2 rings (SSSR count). The van der Waals surface area contributed by atoms with Crippen LogP contribution in [0.2, 0.25) is 0 Å². The molecule has 0 spiro atoms. The second-order valence-corrected chi connectivity index (χ2v) is 5.10. The lowest BCUT2D eigenvalue weighted by Crippen LogP contribution is -2.43. The van der Waals surface area contributed by atoms with Gasteiger partial charge in [0.25, 0.3) is 0 Å². The zero-order chi connectivity index (χ0) is 14.2. The average molecular weight is 284 g/mol. The molecule has 2 heterocycles. The lowest BCUT2D eigenvalue weighted by molar-refractivity contribution is 0.0231. The fourth-order valence-corrected chi connectivity index (χ4v) is 2.32. The molecule has 1 atom stereocenters. The Morgan fingerprint density at radius 3 is 2.80 bits per heavy atom. The van der Waals surface area contributed by atoms with Crippen LogP contribution in [0.4, 0.5) is 0 Å². The third-order valence-corrected chi connectivity index (χ3v) is 3.48. The smallest absolute Gasteiger partial charge is 0.117 e. The molecular formula is C14H24N2O4. The van der Waals surface area contributed by atoms with Gasteiger partial charge in [0.15, 0.2) is 0 Å². The number of hydrogen-bond acceptors (Lipinski definition) is 6. The van der Waals surface area contributed by atoms with Gasteiger partial charge in [-0.1, -0.05) is 0 Å². The molecule has 0 saturated carbocycles. The summed E-state index contributed by atoms with van der Waals surface area (Å²) in [6, 6.07) is 3.78. The Bertz CT molecular complexity index is 352. The van der Waals surface area contributed by atoms with Crippen molar-refractivity contribution in [3.8, 4) is 0 Å². The van der Waals surface area contributed by atoms with Crippen LogP contribution in [0.5, 0.6) is 0 Å². The van der Waals surface area contributed by atoms with Crippen molar-refractivity contribution in [1.82, 2.24) is 9.80 Å². The van der Waals surface area contributed by atoms with E-state index in [9.17, 15) is 5.11 Å². The van der Waals surface area contributed by atoms with E-state index in [-0.39, 0.29) is 6.61 Å². The lowest BCUT2D eigenvalue weighted by Gasteiger charge is -2.30. The van der Waals surface area contributed by atoms with E-state index < -0.39 is 6.10 Å². The van der Waals surface area contributed by atoms with E-state index in [1.807, 2.05) is 12.1 Å². The van der Waals surface area contributed by atoms with E-state index in [1.165, 1.54) is 0 Å². The molecule has 0 radical (unpaired) electrons. The Morgan fingerprint density at radius 2 is 2.15 bits per heavy atom. The number of aliphatic hydroxyl groups excluding tert-OH is 2. The molecule has 1 fully saturated rings. The van der Waals surface area contributed by atoms with Gasteiger partial charge < -0.3 is 19.4 Å². The summed E-state index contributed by atoms with van der Waals surface area (Å²) >= 11 is 0. The van der Waals surface area contributed by atoms with Crippen molar-refractivity contribution in [3.05, 3.63) is 24.2 Å². The van der Waals surface area contributed by atoms with Gasteiger partial charge in [0.05, 0.1) is 38.7 Å². The van der Waals surface area contributed by atoms with Crippen molar-refractivity contribution in [2.45, 2.75) is 12.6 Å². The molecule has 0 aromatic carbocycles. The Kier molecular flexibility index (Phi) is 6.49. The molecule has 20 heavy (non-hydrogen) atoms. The topological polar surface area (TPSA) is 69.3 Å². The molecule has 0 amide bonds. The van der Waals surface area contributed by atoms with Crippen LogP contribution in [0, 0.1) is 0 Å². The van der Waals surface area contributed by atoms with E-state index >= 15 is 0 Å². The van der Waals surface area contributed by atoms with Crippen molar-refractivity contribution in [2.75, 3.05) is 52.5 Å². The first-order chi connectivity index (χ1) is 9.78. The SMILES string of the molecule is OCC(O)CN(CCN1CCOCC1)Cc1ccco1. The van der Waals surface area contributed by atoms with Crippen LogP contribution in [-0.2, 0) is 11.3 Å². The van der Waals surface area contributed by atoms with Gasteiger partial charge in [0.1, 0.15) is 5.76 Å². The minimum Gasteiger partial charge on any atom is -0.468 e. The zero-order valence-corrected chi connectivity index (χ0v) is 11.8. The van der Waals surface area contributed by atoms with Crippen molar-refractivity contribution in [2.24, 2.45) is 0 Å². The van der Waals surface area contributed by atoms with Crippen molar-refractivity contribution >= 4 is 0 Å². The Labute approximate surface area is 119 Å². The lowest BCUT2D eigenvalue weighted by atomic mass is 10.3. The quantitative estimate of drug-likeness (QED) is 0.687. The first kappa shape index (κ1) is 15.5. The normalized spacial score (nSPS) is 18.6.